The molecule has 6 amide bonds. The number of benzene rings is 7. The molecule has 35 nitrogen and oxygen atoms in total. The van der Waals surface area contributed by atoms with Crippen molar-refractivity contribution in [2.24, 2.45) is 0 Å². The van der Waals surface area contributed by atoms with Crippen LogP contribution in [0.15, 0.2) is 244 Å². The lowest BCUT2D eigenvalue weighted by molar-refractivity contribution is -0.133. The first kappa shape index (κ1) is 101. The van der Waals surface area contributed by atoms with Gasteiger partial charge in [-0.3, -0.25) is 63.7 Å². The van der Waals surface area contributed by atoms with Crippen LogP contribution in [0.5, 0.6) is 0 Å². The number of aromatic amines is 3. The highest BCUT2D eigenvalue weighted by Gasteiger charge is 2.56. The summed E-state index contributed by atoms with van der Waals surface area (Å²) in [7, 11) is -11.6. The molecule has 3 atom stereocenters. The summed E-state index contributed by atoms with van der Waals surface area (Å²) < 4.78 is 87.9. The van der Waals surface area contributed by atoms with E-state index in [1.165, 1.54) is 53.0 Å². The van der Waals surface area contributed by atoms with Gasteiger partial charge in [0.25, 0.3) is 0 Å². The van der Waals surface area contributed by atoms with Crippen LogP contribution in [-0.4, -0.2) is 292 Å². The molecular formula is C110H110FN23O12S4. The fourth-order valence-electron chi connectivity index (χ4n) is 21.0. The highest BCUT2D eigenvalue weighted by molar-refractivity contribution is 7.93. The van der Waals surface area contributed by atoms with Gasteiger partial charge >= 0.3 is 0 Å². The molecule has 14 heterocycles. The van der Waals surface area contributed by atoms with Crippen molar-refractivity contribution in [3.8, 4) is 67.2 Å². The van der Waals surface area contributed by atoms with Crippen molar-refractivity contribution < 1.29 is 58.4 Å². The minimum atomic E-state index is -3.88. The predicted molar refractivity (Wildman–Crippen MR) is 573 cm³/mol. The lowest BCUT2D eigenvalue weighted by Crippen LogP contribution is -2.52. The number of H-pyrrole nitrogens is 3. The number of hydrogen-bond acceptors (Lipinski definition) is 27. The van der Waals surface area contributed by atoms with E-state index in [2.05, 4.69) is 135 Å². The second-order valence-corrected chi connectivity index (χ2v) is 47.9. The van der Waals surface area contributed by atoms with Crippen molar-refractivity contribution in [2.75, 3.05) is 133 Å². The van der Waals surface area contributed by atoms with E-state index in [9.17, 15) is 58.4 Å². The van der Waals surface area contributed by atoms with Crippen molar-refractivity contribution >= 4 is 137 Å². The number of nitrogens with one attached hydrogen (secondary N) is 6. The van der Waals surface area contributed by atoms with Gasteiger partial charge in [-0.25, -0.2) is 64.5 Å². The number of amides is 6. The van der Waals surface area contributed by atoms with Crippen LogP contribution < -0.4 is 16.0 Å². The van der Waals surface area contributed by atoms with Gasteiger partial charge in [0.05, 0.1) is 52.4 Å². The Bertz CT molecular complexity index is 8110. The first-order valence-corrected chi connectivity index (χ1v) is 56.6. The van der Waals surface area contributed by atoms with E-state index in [0.29, 0.717) is 140 Å². The zero-order valence-corrected chi connectivity index (χ0v) is 86.0. The van der Waals surface area contributed by atoms with Crippen LogP contribution in [0.4, 0.5) is 21.5 Å². The highest BCUT2D eigenvalue weighted by atomic mass is 32.2. The molecule has 768 valence electrons. The van der Waals surface area contributed by atoms with Crippen molar-refractivity contribution in [2.45, 2.75) is 103 Å². The highest BCUT2D eigenvalue weighted by Crippen LogP contribution is 2.45. The normalized spacial score (nSPS) is 19.5. The predicted octanol–water partition coefficient (Wildman–Crippen LogP) is 14.1. The summed E-state index contributed by atoms with van der Waals surface area (Å²) in [5.41, 5.74) is 17.2. The quantitative estimate of drug-likeness (QED) is 0.0293. The van der Waals surface area contributed by atoms with E-state index >= 15 is 0 Å². The summed E-state index contributed by atoms with van der Waals surface area (Å²) in [5, 5.41) is 34.3. The topological polar surface area (TPSA) is 450 Å². The van der Waals surface area contributed by atoms with Gasteiger partial charge in [0.1, 0.15) is 16.5 Å². The summed E-state index contributed by atoms with van der Waals surface area (Å²) in [6, 6.07) is 56.0. The number of halogens is 1. The summed E-state index contributed by atoms with van der Waals surface area (Å²) >= 11 is 1.51. The number of nitrogens with zero attached hydrogens (tertiary/aromatic N) is 17. The Labute approximate surface area is 869 Å². The summed E-state index contributed by atoms with van der Waals surface area (Å²) in [6.45, 7) is 4.03. The zero-order chi connectivity index (χ0) is 104. The maximum atomic E-state index is 13.9. The van der Waals surface area contributed by atoms with Gasteiger partial charge in [0.15, 0.2) is 61.2 Å². The Balaban J connectivity index is 0.000000131. The molecule has 40 heteroatoms. The molecule has 0 radical (unpaired) electrons. The molecule has 6 aliphatic heterocycles. The Hall–Kier alpha value is -15.1. The second kappa shape index (κ2) is 42.2. The SMILES string of the molecule is CS(=O)(=O)[C@@]1(C(=O)Nc2ccc3[nH]nc(-c4ccc(F)cc4)c3c2)CCN(CC(=O)N2CC=C(c3ncc(-c4ncccn4)s3)CC2)C1.CS(=O)(=O)[C@@]1(C(=O)Nc2ccc3[nH]nc(-c4cccc(C5CC5)c4)c3c2)CCN(CC(=O)N2CC=C(c3ccc(-c4ncccn4)cc3)CC2)C1.CS(=O)(=O)[C@@]1(C(=O)Nc2ccc3[nH]nc(-c4ccnc(C5CC5)c4)c3c2)CCN(CC(=O)N2CCC(c3ccc(-c4ncccn4)cc3)CC2)C1. The molecule has 150 heavy (non-hydrogen) atoms. The number of sulfone groups is 3. The lowest BCUT2D eigenvalue weighted by Gasteiger charge is -2.33. The molecule has 6 fully saturated rings. The number of anilines is 3. The van der Waals surface area contributed by atoms with Gasteiger partial charge in [0, 0.05) is 220 Å². The first-order chi connectivity index (χ1) is 72.4. The smallest absolute Gasteiger partial charge is 0.247 e. The molecule has 7 aromatic carbocycles. The second-order valence-electron chi connectivity index (χ2n) is 39.9. The number of piperidine rings is 1. The van der Waals surface area contributed by atoms with E-state index in [1.807, 2.05) is 77.7 Å². The van der Waals surface area contributed by atoms with Crippen LogP contribution in [0.1, 0.15) is 116 Å². The van der Waals surface area contributed by atoms with Crippen molar-refractivity contribution in [1.82, 2.24) is 99.9 Å². The number of carbonyl (C=O) groups is 6. The Kier molecular flexibility index (Phi) is 28.3. The standard InChI is InChI=1S/C39H39N7O4S.C38H40N8O4S.C33H31FN8O4S2/c1-51(49,50)39(38(48)42-32-12-13-34-33(23-32)36(44-43-34)31-5-2-4-30(22-31)27-6-7-27)16-21-45(25-39)24-35(47)46-19-14-28(15-20-46)26-8-10-29(11-9-26)37-40-17-3-18-41-37;1-51(49,50)38(37(48)42-30-9-10-32-31(22-30)35(44-43-32)29-11-17-39-33(21-29)27-5-6-27)14-20-45(24-38)23-34(47)46-18-12-26(13-19-46)25-3-7-28(8-4-25)36-40-15-2-16-41-36;1-48(45,46)33(32(44)38-24-7-8-26-25(17-24)29(40-39-26)21-3-5-23(34)6-4-21)11-16-41(20-33)19-28(43)42-14-9-22(10-15-42)31-37-18-27(47-31)30-35-12-2-13-36-30/h2-5,8-14,17-18,22-23,27H,6-7,15-16,19-21,24-25H2,1H3,(H,42,48)(H,43,44);2-4,7-11,15-17,21-22,26-27H,5-6,12-14,18-20,23-24H2,1H3,(H,42,48)(H,43,44);2-9,12-13,17-18H,10-11,14-16,19-20H2,1H3,(H,38,44)(H,39,40)/t39-;38-;33-/m000/s1. The number of hydrogen-bond donors (Lipinski definition) is 6. The number of rotatable bonds is 26. The van der Waals surface area contributed by atoms with Gasteiger partial charge in [-0.05, 0) is 226 Å². The molecule has 0 spiro atoms. The Morgan fingerprint density at radius 3 is 1.23 bits per heavy atom. The van der Waals surface area contributed by atoms with Crippen molar-refractivity contribution in [3.05, 3.63) is 277 Å². The fraction of sp³-hybridized carbons (Fsp3) is 0.318. The van der Waals surface area contributed by atoms with Crippen LogP contribution in [0.2, 0.25) is 0 Å². The average molecular weight is 2090 g/mol. The molecule has 6 N–H and O–H groups in total. The molecule has 4 saturated heterocycles. The molecule has 0 bridgehead atoms. The number of likely N-dealkylation sites (tertiary alicyclic amines) is 4. The van der Waals surface area contributed by atoms with E-state index < -0.39 is 61.5 Å². The van der Waals surface area contributed by atoms with Gasteiger partial charge in [0.2, 0.25) is 35.4 Å². The number of pyridine rings is 1. The largest absolute Gasteiger partial charge is 0.342 e. The summed E-state index contributed by atoms with van der Waals surface area (Å²) in [4.78, 5) is 128. The van der Waals surface area contributed by atoms with E-state index in [4.69, 9.17) is 0 Å². The van der Waals surface area contributed by atoms with Crippen LogP contribution in [-0.2, 0) is 58.3 Å². The fourth-order valence-corrected chi connectivity index (χ4v) is 25.7. The van der Waals surface area contributed by atoms with Crippen LogP contribution >= 0.6 is 11.3 Å². The van der Waals surface area contributed by atoms with Crippen molar-refractivity contribution in [1.29, 1.82) is 0 Å². The molecule has 15 aromatic rings. The number of thiazole rings is 1. The van der Waals surface area contributed by atoms with Gasteiger partial charge in [-0.1, -0.05) is 78.9 Å². The lowest BCUT2D eigenvalue weighted by atomic mass is 9.89. The van der Waals surface area contributed by atoms with E-state index in [-0.39, 0.29) is 88.6 Å². The Morgan fingerprint density at radius 1 is 0.380 bits per heavy atom. The van der Waals surface area contributed by atoms with Crippen LogP contribution in [0, 0.1) is 5.82 Å². The molecule has 23 rings (SSSR count). The Morgan fingerprint density at radius 2 is 0.787 bits per heavy atom. The molecule has 8 aromatic heterocycles. The maximum absolute atomic E-state index is 13.9. The van der Waals surface area contributed by atoms with Gasteiger partial charge in [-0.15, -0.1) is 11.3 Å². The monoisotopic (exact) mass is 2090 g/mol. The maximum Gasteiger partial charge on any atom is 0.247 e. The molecule has 2 saturated carbocycles. The summed E-state index contributed by atoms with van der Waals surface area (Å²) in [6.07, 6.45) is 29.1. The number of carbonyl (C=O) groups excluding carboxylic acids is 6. The van der Waals surface area contributed by atoms with E-state index in [1.54, 1.807) is 135 Å². The van der Waals surface area contributed by atoms with Crippen LogP contribution in [0.25, 0.3) is 111 Å². The van der Waals surface area contributed by atoms with Gasteiger partial charge in [-0.2, -0.15) is 15.3 Å². The third kappa shape index (κ3) is 21.5. The third-order valence-corrected chi connectivity index (χ3v) is 36.9. The molecular weight excluding hydrogens is 1980 g/mol. The minimum Gasteiger partial charge on any atom is -0.342 e. The van der Waals surface area contributed by atoms with E-state index in [0.717, 1.165) is 127 Å². The van der Waals surface area contributed by atoms with Crippen LogP contribution in [0.3, 0.4) is 0 Å². The molecule has 0 unspecified atom stereocenters. The van der Waals surface area contributed by atoms with Crippen molar-refractivity contribution in [3.63, 3.8) is 0 Å². The zero-order valence-electron chi connectivity index (χ0n) is 82.7. The van der Waals surface area contributed by atoms with Gasteiger partial charge < -0.3 is 30.7 Å². The number of aromatic nitrogens is 14. The molecule has 2 aliphatic carbocycles. The summed E-state index contributed by atoms with van der Waals surface area (Å²) in [5.74, 6) is 0.966. The third-order valence-electron chi connectivity index (χ3n) is 30.0. The number of fused-ring (bicyclic) bond motifs is 3. The average Bonchev–Trinajstić information content (AvgIpc) is 1.60. The first-order valence-electron chi connectivity index (χ1n) is 50.1. The minimum absolute atomic E-state index is 0.00246. The molecule has 8 aliphatic rings.